The highest BCUT2D eigenvalue weighted by molar-refractivity contribution is 5.79. The highest BCUT2D eigenvalue weighted by Crippen LogP contribution is 2.14. The van der Waals surface area contributed by atoms with E-state index in [1.54, 1.807) is 36.4 Å². The molecular formula is C19H26FN5O2. The van der Waals surface area contributed by atoms with Crippen LogP contribution in [0.4, 0.5) is 4.39 Å². The number of imidazole rings is 1. The third-order valence-electron chi connectivity index (χ3n) is 4.33. The molecule has 0 spiro atoms. The number of nitrogens with zero attached hydrogens (tertiary/aromatic N) is 3. The number of halogens is 1. The number of aliphatic imine (C=N–C) groups is 1. The maximum atomic E-state index is 14.3. The summed E-state index contributed by atoms with van der Waals surface area (Å²) >= 11 is 0. The van der Waals surface area contributed by atoms with Gasteiger partial charge in [-0.1, -0.05) is 6.07 Å². The fourth-order valence-corrected chi connectivity index (χ4v) is 2.85. The van der Waals surface area contributed by atoms with Gasteiger partial charge in [0.2, 0.25) is 0 Å². The molecule has 2 heterocycles. The predicted molar refractivity (Wildman–Crippen MR) is 102 cm³/mol. The molecule has 3 rings (SSSR count). The van der Waals surface area contributed by atoms with Crippen molar-refractivity contribution in [3.8, 4) is 5.69 Å². The van der Waals surface area contributed by atoms with Gasteiger partial charge in [0.1, 0.15) is 5.82 Å². The fourth-order valence-electron chi connectivity index (χ4n) is 2.85. The van der Waals surface area contributed by atoms with Crippen LogP contribution in [0.15, 0.2) is 41.9 Å². The maximum absolute atomic E-state index is 14.3. The molecule has 1 atom stereocenters. The van der Waals surface area contributed by atoms with E-state index in [2.05, 4.69) is 20.6 Å². The largest absolute Gasteiger partial charge is 0.379 e. The number of rotatable bonds is 8. The molecule has 1 fully saturated rings. The maximum Gasteiger partial charge on any atom is 0.191 e. The first kappa shape index (κ1) is 19.3. The number of guanidine groups is 1. The summed E-state index contributed by atoms with van der Waals surface area (Å²) in [6.07, 6.45) is 7.01. The Bertz CT molecular complexity index is 730. The molecule has 0 aliphatic carbocycles. The van der Waals surface area contributed by atoms with Crippen LogP contribution >= 0.6 is 0 Å². The first-order valence-corrected chi connectivity index (χ1v) is 9.17. The number of hydrogen-bond donors (Lipinski definition) is 2. The zero-order chi connectivity index (χ0) is 18.9. The Labute approximate surface area is 158 Å². The van der Waals surface area contributed by atoms with E-state index in [-0.39, 0.29) is 11.9 Å². The Balaban J connectivity index is 1.39. The molecule has 2 aromatic rings. The van der Waals surface area contributed by atoms with Crippen LogP contribution in [0.25, 0.3) is 5.69 Å². The third-order valence-corrected chi connectivity index (χ3v) is 4.33. The van der Waals surface area contributed by atoms with Crippen molar-refractivity contribution >= 4 is 5.96 Å². The fraction of sp³-hybridized carbons (Fsp3) is 0.474. The van der Waals surface area contributed by atoms with Gasteiger partial charge in [-0.05, 0) is 30.5 Å². The number of nitrogens with one attached hydrogen (secondary N) is 2. The normalized spacial score (nSPS) is 17.3. The van der Waals surface area contributed by atoms with Gasteiger partial charge in [0.15, 0.2) is 5.96 Å². The van der Waals surface area contributed by atoms with E-state index in [4.69, 9.17) is 9.47 Å². The molecule has 1 unspecified atom stereocenters. The van der Waals surface area contributed by atoms with Gasteiger partial charge in [-0.2, -0.15) is 0 Å². The van der Waals surface area contributed by atoms with Gasteiger partial charge in [-0.25, -0.2) is 9.37 Å². The molecule has 8 heteroatoms. The van der Waals surface area contributed by atoms with E-state index in [1.165, 1.54) is 6.07 Å². The number of benzene rings is 1. The van der Waals surface area contributed by atoms with Crippen LogP contribution in [0, 0.1) is 5.82 Å². The van der Waals surface area contributed by atoms with E-state index in [9.17, 15) is 4.39 Å². The van der Waals surface area contributed by atoms with E-state index in [1.807, 2.05) is 6.07 Å². The second-order valence-corrected chi connectivity index (χ2v) is 6.32. The van der Waals surface area contributed by atoms with Gasteiger partial charge < -0.3 is 24.7 Å². The third kappa shape index (κ3) is 5.77. The topological polar surface area (TPSA) is 72.7 Å². The van der Waals surface area contributed by atoms with Crippen LogP contribution < -0.4 is 10.6 Å². The quantitative estimate of drug-likeness (QED) is 0.419. The Morgan fingerprint density at radius 1 is 1.44 bits per heavy atom. The minimum atomic E-state index is -0.289. The van der Waals surface area contributed by atoms with Crippen molar-refractivity contribution in [2.45, 2.75) is 25.5 Å². The number of ether oxygens (including phenoxy) is 2. The minimum absolute atomic E-state index is 0.239. The smallest absolute Gasteiger partial charge is 0.191 e. The molecule has 27 heavy (non-hydrogen) atoms. The molecule has 1 aliphatic rings. The molecule has 1 aliphatic heterocycles. The summed E-state index contributed by atoms with van der Waals surface area (Å²) in [6.45, 7) is 3.42. The van der Waals surface area contributed by atoms with E-state index in [0.29, 0.717) is 31.4 Å². The van der Waals surface area contributed by atoms with Crippen molar-refractivity contribution in [2.24, 2.45) is 4.99 Å². The predicted octanol–water partition coefficient (Wildman–Crippen LogP) is 1.87. The molecule has 0 saturated carbocycles. The second-order valence-electron chi connectivity index (χ2n) is 6.32. The summed E-state index contributed by atoms with van der Waals surface area (Å²) in [5.74, 6) is 0.390. The van der Waals surface area contributed by atoms with Crippen molar-refractivity contribution in [2.75, 3.05) is 33.4 Å². The van der Waals surface area contributed by atoms with Gasteiger partial charge in [0, 0.05) is 45.7 Å². The average molecular weight is 375 g/mol. The highest BCUT2D eigenvalue weighted by atomic mass is 19.1. The lowest BCUT2D eigenvalue weighted by atomic mass is 10.2. The molecule has 0 bridgehead atoms. The Kier molecular flexibility index (Phi) is 7.18. The van der Waals surface area contributed by atoms with Gasteiger partial charge >= 0.3 is 0 Å². The Hall–Kier alpha value is -2.45. The molecule has 7 nitrogen and oxygen atoms in total. The summed E-state index contributed by atoms with van der Waals surface area (Å²) < 4.78 is 26.9. The van der Waals surface area contributed by atoms with Crippen LogP contribution in [0.1, 0.15) is 18.4 Å². The van der Waals surface area contributed by atoms with E-state index >= 15 is 0 Å². The second kappa shape index (κ2) is 10.0. The number of hydrogen-bond acceptors (Lipinski definition) is 4. The first-order chi connectivity index (χ1) is 13.3. The zero-order valence-electron chi connectivity index (χ0n) is 15.5. The molecule has 146 valence electrons. The molecule has 0 radical (unpaired) electrons. The lowest BCUT2D eigenvalue weighted by Crippen LogP contribution is -2.37. The summed E-state index contributed by atoms with van der Waals surface area (Å²) in [5.41, 5.74) is 1.32. The van der Waals surface area contributed by atoms with Crippen molar-refractivity contribution in [1.29, 1.82) is 0 Å². The van der Waals surface area contributed by atoms with Gasteiger partial charge in [-0.3, -0.25) is 4.99 Å². The van der Waals surface area contributed by atoms with Crippen molar-refractivity contribution in [3.63, 3.8) is 0 Å². The molecular weight excluding hydrogens is 349 g/mol. The summed E-state index contributed by atoms with van der Waals surface area (Å²) in [6, 6.07) is 5.15. The molecule has 2 N–H and O–H groups in total. The SMILES string of the molecule is CN=C(NCCCOC1CCOC1)NCc1ccc(-n2ccnc2)c(F)c1. The van der Waals surface area contributed by atoms with Crippen molar-refractivity contribution < 1.29 is 13.9 Å². The molecule has 1 saturated heterocycles. The summed E-state index contributed by atoms with van der Waals surface area (Å²) in [7, 11) is 1.71. The molecule has 0 amide bonds. The van der Waals surface area contributed by atoms with Crippen LogP contribution in [0.3, 0.4) is 0 Å². The Morgan fingerprint density at radius 3 is 3.07 bits per heavy atom. The van der Waals surface area contributed by atoms with E-state index in [0.717, 1.165) is 31.6 Å². The first-order valence-electron chi connectivity index (χ1n) is 9.17. The lowest BCUT2D eigenvalue weighted by molar-refractivity contribution is 0.0420. The molecule has 1 aromatic heterocycles. The summed E-state index contributed by atoms with van der Waals surface area (Å²) in [5, 5.41) is 6.43. The number of aromatic nitrogens is 2. The van der Waals surface area contributed by atoms with Crippen molar-refractivity contribution in [3.05, 3.63) is 48.3 Å². The summed E-state index contributed by atoms with van der Waals surface area (Å²) in [4.78, 5) is 8.13. The van der Waals surface area contributed by atoms with Gasteiger partial charge in [0.25, 0.3) is 0 Å². The van der Waals surface area contributed by atoms with Crippen molar-refractivity contribution in [1.82, 2.24) is 20.2 Å². The highest BCUT2D eigenvalue weighted by Gasteiger charge is 2.15. The Morgan fingerprint density at radius 2 is 2.37 bits per heavy atom. The van der Waals surface area contributed by atoms with Crippen LogP contribution in [-0.4, -0.2) is 55.0 Å². The minimum Gasteiger partial charge on any atom is -0.379 e. The molecule has 1 aromatic carbocycles. The zero-order valence-corrected chi connectivity index (χ0v) is 15.5. The van der Waals surface area contributed by atoms with Crippen LogP contribution in [0.2, 0.25) is 0 Å². The monoisotopic (exact) mass is 375 g/mol. The average Bonchev–Trinajstić information content (AvgIpc) is 3.38. The van der Waals surface area contributed by atoms with Gasteiger partial charge in [0.05, 0.1) is 24.7 Å². The lowest BCUT2D eigenvalue weighted by Gasteiger charge is -2.14. The van der Waals surface area contributed by atoms with E-state index < -0.39 is 0 Å². The van der Waals surface area contributed by atoms with Crippen LogP contribution in [0.5, 0.6) is 0 Å². The van der Waals surface area contributed by atoms with Crippen LogP contribution in [-0.2, 0) is 16.0 Å². The standard InChI is InChI=1S/C19H26FN5O2/c1-21-19(23-6-2-9-27-16-5-10-26-13-16)24-12-15-3-4-18(17(20)11-15)25-8-7-22-14-25/h3-4,7-8,11,14,16H,2,5-6,9-10,12-13H2,1H3,(H2,21,23,24). The van der Waals surface area contributed by atoms with Gasteiger partial charge in [-0.15, -0.1) is 0 Å².